The first-order valence-electron chi connectivity index (χ1n) is 9.09. The average molecular weight is 388 g/mol. The molecule has 1 heterocycles. The van der Waals surface area contributed by atoms with Gasteiger partial charge in [-0.15, -0.1) is 0 Å². The van der Waals surface area contributed by atoms with Gasteiger partial charge in [0, 0.05) is 25.3 Å². The van der Waals surface area contributed by atoms with Gasteiger partial charge in [0.15, 0.2) is 0 Å². The highest BCUT2D eigenvalue weighted by Crippen LogP contribution is 2.21. The Morgan fingerprint density at radius 2 is 1.63 bits per heavy atom. The molecule has 0 spiro atoms. The van der Waals surface area contributed by atoms with Gasteiger partial charge >= 0.3 is 0 Å². The maximum Gasteiger partial charge on any atom is 0.282 e. The fourth-order valence-electron chi connectivity index (χ4n) is 3.22. The number of hydrogen-bond acceptors (Lipinski definition) is 3. The highest BCUT2D eigenvalue weighted by molar-refractivity contribution is 7.87. The standard InChI is InChI=1S/C20H25N3O3S/c1-3-17-9-6-7-11-19(17)21-20(24)15-23-13-12-22(27(23,25)26)14-18-10-5-4-8-16(18)2/h4-11H,3,12-15H2,1-2H3,(H,21,24). The zero-order valence-electron chi connectivity index (χ0n) is 15.7. The van der Waals surface area contributed by atoms with Gasteiger partial charge in [0.1, 0.15) is 0 Å². The van der Waals surface area contributed by atoms with E-state index in [1.54, 1.807) is 0 Å². The molecule has 1 amide bonds. The Morgan fingerprint density at radius 3 is 2.33 bits per heavy atom. The van der Waals surface area contributed by atoms with Gasteiger partial charge in [-0.25, -0.2) is 0 Å². The van der Waals surface area contributed by atoms with E-state index in [2.05, 4.69) is 5.32 Å². The molecule has 0 saturated carbocycles. The van der Waals surface area contributed by atoms with Crippen LogP contribution in [-0.2, 0) is 28.0 Å². The van der Waals surface area contributed by atoms with E-state index in [-0.39, 0.29) is 12.5 Å². The number of para-hydroxylation sites is 1. The fraction of sp³-hybridized carbons (Fsp3) is 0.350. The second-order valence-corrected chi connectivity index (χ2v) is 8.59. The molecule has 144 valence electrons. The number of nitrogens with one attached hydrogen (secondary N) is 1. The largest absolute Gasteiger partial charge is 0.325 e. The van der Waals surface area contributed by atoms with Crippen molar-refractivity contribution in [3.8, 4) is 0 Å². The number of anilines is 1. The number of aryl methyl sites for hydroxylation is 2. The molecule has 0 radical (unpaired) electrons. The van der Waals surface area contributed by atoms with Crippen LogP contribution in [0.15, 0.2) is 48.5 Å². The summed E-state index contributed by atoms with van der Waals surface area (Å²) < 4.78 is 28.3. The molecular formula is C20H25N3O3S. The van der Waals surface area contributed by atoms with Crippen molar-refractivity contribution in [3.63, 3.8) is 0 Å². The first-order valence-corrected chi connectivity index (χ1v) is 10.5. The maximum atomic E-state index is 12.8. The molecule has 1 N–H and O–H groups in total. The minimum atomic E-state index is -3.64. The summed E-state index contributed by atoms with van der Waals surface area (Å²) in [6, 6.07) is 15.3. The molecule has 1 aliphatic heterocycles. The molecule has 6 nitrogen and oxygen atoms in total. The number of rotatable bonds is 6. The summed E-state index contributed by atoms with van der Waals surface area (Å²) in [5.74, 6) is -0.322. The van der Waals surface area contributed by atoms with Crippen LogP contribution in [0.5, 0.6) is 0 Å². The lowest BCUT2D eigenvalue weighted by Crippen LogP contribution is -2.38. The van der Waals surface area contributed by atoms with Crippen molar-refractivity contribution in [2.75, 3.05) is 25.0 Å². The molecular weight excluding hydrogens is 362 g/mol. The zero-order valence-corrected chi connectivity index (χ0v) is 16.5. The molecule has 7 heteroatoms. The van der Waals surface area contributed by atoms with E-state index < -0.39 is 10.2 Å². The monoisotopic (exact) mass is 387 g/mol. The number of carbonyl (C=O) groups excluding carboxylic acids is 1. The number of benzene rings is 2. The van der Waals surface area contributed by atoms with Crippen LogP contribution in [0.2, 0.25) is 0 Å². The minimum Gasteiger partial charge on any atom is -0.325 e. The van der Waals surface area contributed by atoms with E-state index in [4.69, 9.17) is 0 Å². The summed E-state index contributed by atoms with van der Waals surface area (Å²) in [6.45, 7) is 4.83. The summed E-state index contributed by atoms with van der Waals surface area (Å²) in [5.41, 5.74) is 3.79. The van der Waals surface area contributed by atoms with E-state index in [9.17, 15) is 13.2 Å². The molecule has 1 aliphatic rings. The van der Waals surface area contributed by atoms with Crippen molar-refractivity contribution >= 4 is 21.8 Å². The lowest BCUT2D eigenvalue weighted by molar-refractivity contribution is -0.116. The number of carbonyl (C=O) groups is 1. The number of amides is 1. The van der Waals surface area contributed by atoms with E-state index in [1.807, 2.05) is 62.4 Å². The first kappa shape index (κ1) is 19.5. The van der Waals surface area contributed by atoms with Crippen LogP contribution in [0.25, 0.3) is 0 Å². The molecule has 3 rings (SSSR count). The van der Waals surface area contributed by atoms with E-state index >= 15 is 0 Å². The van der Waals surface area contributed by atoms with E-state index in [0.717, 1.165) is 28.8 Å². The fourth-order valence-corrected chi connectivity index (χ4v) is 4.75. The van der Waals surface area contributed by atoms with Gasteiger partial charge in [-0.05, 0) is 36.1 Å². The number of nitrogens with zero attached hydrogens (tertiary/aromatic N) is 2. The summed E-state index contributed by atoms with van der Waals surface area (Å²) in [7, 11) is -3.64. The van der Waals surface area contributed by atoms with Gasteiger partial charge in [0.2, 0.25) is 5.91 Å². The maximum absolute atomic E-state index is 12.8. The molecule has 0 bridgehead atoms. The Balaban J connectivity index is 1.66. The van der Waals surface area contributed by atoms with Crippen molar-refractivity contribution in [2.45, 2.75) is 26.8 Å². The minimum absolute atomic E-state index is 0.176. The SMILES string of the molecule is CCc1ccccc1NC(=O)CN1CCN(Cc2ccccc2C)S1(=O)=O. The molecule has 0 unspecified atom stereocenters. The van der Waals surface area contributed by atoms with Gasteiger partial charge in [0.05, 0.1) is 6.54 Å². The molecule has 0 atom stereocenters. The molecule has 1 saturated heterocycles. The van der Waals surface area contributed by atoms with E-state index in [0.29, 0.717) is 19.6 Å². The second kappa shape index (κ2) is 8.21. The van der Waals surface area contributed by atoms with E-state index in [1.165, 1.54) is 8.61 Å². The van der Waals surface area contributed by atoms with Crippen LogP contribution in [0.3, 0.4) is 0 Å². The number of hydrogen-bond donors (Lipinski definition) is 1. The Labute approximate surface area is 161 Å². The molecule has 0 aliphatic carbocycles. The topological polar surface area (TPSA) is 69.7 Å². The van der Waals surface area contributed by atoms with Gasteiger partial charge < -0.3 is 5.32 Å². The van der Waals surface area contributed by atoms with Crippen LogP contribution in [0.1, 0.15) is 23.6 Å². The molecule has 1 fully saturated rings. The third-order valence-electron chi connectivity index (χ3n) is 4.85. The quantitative estimate of drug-likeness (QED) is 0.828. The molecule has 2 aromatic carbocycles. The Morgan fingerprint density at radius 1 is 1.00 bits per heavy atom. The summed E-state index contributed by atoms with van der Waals surface area (Å²) >= 11 is 0. The Kier molecular flexibility index (Phi) is 5.94. The predicted molar refractivity (Wildman–Crippen MR) is 107 cm³/mol. The average Bonchev–Trinajstić information content (AvgIpc) is 2.91. The van der Waals surface area contributed by atoms with Gasteiger partial charge in [-0.3, -0.25) is 4.79 Å². The zero-order chi connectivity index (χ0) is 19.4. The summed E-state index contributed by atoms with van der Waals surface area (Å²) in [6.07, 6.45) is 0.794. The Hall–Kier alpha value is -2.22. The smallest absolute Gasteiger partial charge is 0.282 e. The molecule has 27 heavy (non-hydrogen) atoms. The molecule has 0 aromatic heterocycles. The van der Waals surface area contributed by atoms with Crippen molar-refractivity contribution in [1.29, 1.82) is 0 Å². The third kappa shape index (κ3) is 4.37. The Bertz CT molecular complexity index is 928. The van der Waals surface area contributed by atoms with Crippen molar-refractivity contribution in [1.82, 2.24) is 8.61 Å². The van der Waals surface area contributed by atoms with Crippen LogP contribution >= 0.6 is 0 Å². The highest BCUT2D eigenvalue weighted by Gasteiger charge is 2.37. The lowest BCUT2D eigenvalue weighted by atomic mass is 10.1. The third-order valence-corrected chi connectivity index (χ3v) is 6.78. The van der Waals surface area contributed by atoms with Crippen LogP contribution in [-0.4, -0.2) is 42.6 Å². The van der Waals surface area contributed by atoms with Gasteiger partial charge in [-0.1, -0.05) is 49.4 Å². The van der Waals surface area contributed by atoms with Crippen LogP contribution < -0.4 is 5.32 Å². The first-order chi connectivity index (χ1) is 12.9. The van der Waals surface area contributed by atoms with Crippen LogP contribution in [0, 0.1) is 6.92 Å². The summed E-state index contributed by atoms with van der Waals surface area (Å²) in [5, 5.41) is 2.84. The highest BCUT2D eigenvalue weighted by atomic mass is 32.2. The summed E-state index contributed by atoms with van der Waals surface area (Å²) in [4.78, 5) is 12.4. The molecule has 2 aromatic rings. The second-order valence-electron chi connectivity index (χ2n) is 6.66. The van der Waals surface area contributed by atoms with Crippen molar-refractivity contribution in [3.05, 3.63) is 65.2 Å². The van der Waals surface area contributed by atoms with Crippen molar-refractivity contribution in [2.24, 2.45) is 0 Å². The van der Waals surface area contributed by atoms with Gasteiger partial charge in [0.25, 0.3) is 10.2 Å². The normalized spacial score (nSPS) is 17.1. The predicted octanol–water partition coefficient (Wildman–Crippen LogP) is 2.56. The van der Waals surface area contributed by atoms with Crippen molar-refractivity contribution < 1.29 is 13.2 Å². The van der Waals surface area contributed by atoms with Crippen LogP contribution in [0.4, 0.5) is 5.69 Å². The lowest BCUT2D eigenvalue weighted by Gasteiger charge is -2.19. The van der Waals surface area contributed by atoms with Gasteiger partial charge in [-0.2, -0.15) is 17.0 Å².